The summed E-state index contributed by atoms with van der Waals surface area (Å²) in [5, 5.41) is 0. The van der Waals surface area contributed by atoms with Crippen molar-refractivity contribution in [2.45, 2.75) is 64.7 Å². The van der Waals surface area contributed by atoms with Crippen molar-refractivity contribution < 1.29 is 23.9 Å². The Morgan fingerprint density at radius 1 is 0.792 bits per heavy atom. The Balaban J connectivity index is 2.42. The van der Waals surface area contributed by atoms with Crippen LogP contribution >= 0.6 is 0 Å². The van der Waals surface area contributed by atoms with E-state index in [1.165, 1.54) is 14.2 Å². The van der Waals surface area contributed by atoms with Gasteiger partial charge in [0.25, 0.3) is 0 Å². The van der Waals surface area contributed by atoms with Crippen LogP contribution in [0.4, 0.5) is 0 Å². The molecule has 1 rings (SSSR count). The fourth-order valence-corrected chi connectivity index (χ4v) is 2.91. The molecule has 1 aliphatic carbocycles. The van der Waals surface area contributed by atoms with Crippen molar-refractivity contribution in [2.24, 2.45) is 0 Å². The molecule has 0 fully saturated rings. The molecule has 0 saturated carbocycles. The molecule has 1 aliphatic rings. The van der Waals surface area contributed by atoms with E-state index in [1.807, 2.05) is 0 Å². The zero-order chi connectivity index (χ0) is 17.9. The summed E-state index contributed by atoms with van der Waals surface area (Å²) >= 11 is 0. The van der Waals surface area contributed by atoms with Crippen LogP contribution in [0.25, 0.3) is 0 Å². The summed E-state index contributed by atoms with van der Waals surface area (Å²) in [6, 6.07) is 0. The van der Waals surface area contributed by atoms with Crippen molar-refractivity contribution in [1.29, 1.82) is 0 Å². The Kier molecular flexibility index (Phi) is 9.05. The number of methoxy groups -OCH3 is 2. The van der Waals surface area contributed by atoms with E-state index in [1.54, 1.807) is 6.92 Å². The first-order valence-corrected chi connectivity index (χ1v) is 8.63. The molecule has 0 unspecified atom stereocenters. The van der Waals surface area contributed by atoms with Crippen LogP contribution in [0, 0.1) is 0 Å². The lowest BCUT2D eigenvalue weighted by Gasteiger charge is -2.20. The van der Waals surface area contributed by atoms with E-state index in [0.717, 1.165) is 51.2 Å². The average Bonchev–Trinajstić information content (AvgIpc) is 2.58. The summed E-state index contributed by atoms with van der Waals surface area (Å²) in [7, 11) is 2.75. The molecule has 0 N–H and O–H groups in total. The van der Waals surface area contributed by atoms with Crippen LogP contribution in [0.15, 0.2) is 22.7 Å². The third-order valence-electron chi connectivity index (χ3n) is 4.34. The second-order valence-corrected chi connectivity index (χ2v) is 6.01. The first-order valence-electron chi connectivity index (χ1n) is 8.63. The zero-order valence-corrected chi connectivity index (χ0v) is 15.0. The minimum Gasteiger partial charge on any atom is -0.489 e. The summed E-state index contributed by atoms with van der Waals surface area (Å²) in [5.74, 6) is -0.489. The van der Waals surface area contributed by atoms with Crippen molar-refractivity contribution >= 4 is 17.9 Å². The standard InChI is InChI=1S/C19H28O5/c1-14-15(12-10-8-6-4-5-7-9-11-13-20)17(22)19(24-3)18(23-2)16(14)21/h13H,4-12H2,1-3H3. The summed E-state index contributed by atoms with van der Waals surface area (Å²) in [5.41, 5.74) is 1.01. The number of Topliss-reactive ketones (excluding diaryl/α,β-unsaturated/α-hetero) is 2. The highest BCUT2D eigenvalue weighted by molar-refractivity contribution is 6.23. The number of unbranched alkanes of at least 4 members (excludes halogenated alkanes) is 7. The summed E-state index contributed by atoms with van der Waals surface area (Å²) < 4.78 is 10.1. The van der Waals surface area contributed by atoms with Crippen LogP contribution < -0.4 is 0 Å². The smallest absolute Gasteiger partial charge is 0.228 e. The van der Waals surface area contributed by atoms with E-state index in [4.69, 9.17) is 9.47 Å². The average molecular weight is 336 g/mol. The number of hydrogen-bond acceptors (Lipinski definition) is 5. The van der Waals surface area contributed by atoms with Gasteiger partial charge in [-0.2, -0.15) is 0 Å². The predicted molar refractivity (Wildman–Crippen MR) is 91.4 cm³/mol. The van der Waals surface area contributed by atoms with Crippen LogP contribution in [0.1, 0.15) is 64.7 Å². The molecule has 5 heteroatoms. The van der Waals surface area contributed by atoms with Crippen LogP contribution in [0.5, 0.6) is 0 Å². The molecule has 0 radical (unpaired) electrons. The first kappa shape index (κ1) is 20.1. The first-order chi connectivity index (χ1) is 11.6. The van der Waals surface area contributed by atoms with E-state index in [9.17, 15) is 14.4 Å². The number of carbonyl (C=O) groups excluding carboxylic acids is 3. The number of allylic oxidation sites excluding steroid dienone is 2. The van der Waals surface area contributed by atoms with Crippen molar-refractivity contribution in [1.82, 2.24) is 0 Å². The van der Waals surface area contributed by atoms with E-state index >= 15 is 0 Å². The van der Waals surface area contributed by atoms with Gasteiger partial charge in [-0.15, -0.1) is 0 Å². The predicted octanol–water partition coefficient (Wildman–Crippen LogP) is 3.67. The number of carbonyl (C=O) groups is 3. The van der Waals surface area contributed by atoms with Gasteiger partial charge < -0.3 is 14.3 Å². The molecule has 0 atom stereocenters. The number of aldehydes is 1. The highest BCUT2D eigenvalue weighted by Gasteiger charge is 2.34. The molecule has 0 heterocycles. The Morgan fingerprint density at radius 2 is 1.29 bits per heavy atom. The van der Waals surface area contributed by atoms with E-state index in [2.05, 4.69) is 0 Å². The highest BCUT2D eigenvalue weighted by Crippen LogP contribution is 2.28. The summed E-state index contributed by atoms with van der Waals surface area (Å²) in [6.45, 7) is 1.67. The molecular formula is C19H28O5. The van der Waals surface area contributed by atoms with Crippen LogP contribution in [0.2, 0.25) is 0 Å². The Labute approximate surface area is 144 Å². The van der Waals surface area contributed by atoms with Gasteiger partial charge in [-0.1, -0.05) is 32.1 Å². The maximum Gasteiger partial charge on any atom is 0.228 e. The minimum absolute atomic E-state index is 0.000857. The number of ether oxygens (including phenoxy) is 2. The van der Waals surface area contributed by atoms with Crippen LogP contribution in [-0.4, -0.2) is 32.1 Å². The maximum absolute atomic E-state index is 12.4. The van der Waals surface area contributed by atoms with Crippen LogP contribution in [-0.2, 0) is 23.9 Å². The zero-order valence-electron chi connectivity index (χ0n) is 15.0. The molecule has 0 spiro atoms. The van der Waals surface area contributed by atoms with E-state index in [0.29, 0.717) is 24.0 Å². The third-order valence-corrected chi connectivity index (χ3v) is 4.34. The molecule has 5 nitrogen and oxygen atoms in total. The fourth-order valence-electron chi connectivity index (χ4n) is 2.91. The lowest BCUT2D eigenvalue weighted by Crippen LogP contribution is -2.25. The summed E-state index contributed by atoms with van der Waals surface area (Å²) in [6.07, 6.45) is 9.56. The van der Waals surface area contributed by atoms with Gasteiger partial charge in [0.05, 0.1) is 14.2 Å². The Morgan fingerprint density at radius 3 is 1.83 bits per heavy atom. The number of ketones is 2. The normalized spacial score (nSPS) is 15.1. The fraction of sp³-hybridized carbons (Fsp3) is 0.632. The van der Waals surface area contributed by atoms with E-state index in [-0.39, 0.29) is 23.1 Å². The Bertz CT molecular complexity index is 528. The monoisotopic (exact) mass is 336 g/mol. The largest absolute Gasteiger partial charge is 0.489 e. The number of hydrogen-bond donors (Lipinski definition) is 0. The van der Waals surface area contributed by atoms with Crippen molar-refractivity contribution in [3.05, 3.63) is 22.7 Å². The molecule has 0 saturated heterocycles. The topological polar surface area (TPSA) is 69.7 Å². The molecule has 134 valence electrons. The van der Waals surface area contributed by atoms with Gasteiger partial charge in [0.15, 0.2) is 0 Å². The molecule has 0 aromatic rings. The lowest BCUT2D eigenvalue weighted by atomic mass is 9.89. The molecule has 24 heavy (non-hydrogen) atoms. The van der Waals surface area contributed by atoms with Gasteiger partial charge in [0.2, 0.25) is 23.1 Å². The quantitative estimate of drug-likeness (QED) is 0.309. The van der Waals surface area contributed by atoms with Gasteiger partial charge in [0, 0.05) is 17.6 Å². The van der Waals surface area contributed by atoms with Crippen molar-refractivity contribution in [3.8, 4) is 0 Å². The second-order valence-electron chi connectivity index (χ2n) is 6.01. The molecule has 0 aromatic carbocycles. The van der Waals surface area contributed by atoms with Gasteiger partial charge in [0.1, 0.15) is 6.29 Å². The second kappa shape index (κ2) is 10.8. The molecule has 0 bridgehead atoms. The maximum atomic E-state index is 12.4. The molecule has 0 aromatic heterocycles. The van der Waals surface area contributed by atoms with Gasteiger partial charge in [-0.05, 0) is 26.2 Å². The van der Waals surface area contributed by atoms with Gasteiger partial charge in [-0.3, -0.25) is 9.59 Å². The SMILES string of the molecule is COC1=C(OC)C(=O)C(CCCCCCCCCC=O)=C(C)C1=O. The minimum atomic E-state index is -0.265. The molecule has 0 amide bonds. The van der Waals surface area contributed by atoms with Gasteiger partial charge >= 0.3 is 0 Å². The summed E-state index contributed by atoms with van der Waals surface area (Å²) in [4.78, 5) is 34.9. The van der Waals surface area contributed by atoms with Crippen molar-refractivity contribution in [3.63, 3.8) is 0 Å². The molecular weight excluding hydrogens is 308 g/mol. The van der Waals surface area contributed by atoms with Gasteiger partial charge in [-0.25, -0.2) is 0 Å². The highest BCUT2D eigenvalue weighted by atomic mass is 16.5. The van der Waals surface area contributed by atoms with Crippen LogP contribution in [0.3, 0.4) is 0 Å². The molecule has 0 aliphatic heterocycles. The van der Waals surface area contributed by atoms with E-state index < -0.39 is 0 Å². The Hall–Kier alpha value is -1.91. The van der Waals surface area contributed by atoms with Crippen molar-refractivity contribution in [2.75, 3.05) is 14.2 Å². The number of rotatable bonds is 12. The third kappa shape index (κ3) is 5.32. The lowest BCUT2D eigenvalue weighted by molar-refractivity contribution is -0.121.